The lowest BCUT2D eigenvalue weighted by Crippen LogP contribution is -2.02. The van der Waals surface area contributed by atoms with Crippen molar-refractivity contribution in [3.05, 3.63) is 9.47 Å². The van der Waals surface area contributed by atoms with Crippen LogP contribution in [0.2, 0.25) is 0 Å². The van der Waals surface area contributed by atoms with Gasteiger partial charge < -0.3 is 4.74 Å². The molecule has 0 amide bonds. The smallest absolute Gasteiger partial charge is 0.302 e. The van der Waals surface area contributed by atoms with Crippen molar-refractivity contribution in [2.24, 2.45) is 11.8 Å². The Labute approximate surface area is 88.6 Å². The summed E-state index contributed by atoms with van der Waals surface area (Å²) in [6.45, 7) is 2.00. The van der Waals surface area contributed by atoms with Gasteiger partial charge in [0.05, 0.1) is 10.00 Å². The molecule has 0 heterocycles. The summed E-state index contributed by atoms with van der Waals surface area (Å²) in [6, 6.07) is 0. The Kier molecular flexibility index (Phi) is 3.77. The van der Waals surface area contributed by atoms with E-state index >= 15 is 0 Å². The highest BCUT2D eigenvalue weighted by molar-refractivity contribution is 9.28. The number of hydrogen-bond donors (Lipinski definition) is 0. The summed E-state index contributed by atoms with van der Waals surface area (Å²) in [4.78, 5) is 10.4. The number of rotatable bonds is 3. The molecule has 1 aliphatic carbocycles. The van der Waals surface area contributed by atoms with Gasteiger partial charge in [-0.1, -0.05) is 6.08 Å². The van der Waals surface area contributed by atoms with Gasteiger partial charge in [0.25, 0.3) is 0 Å². The van der Waals surface area contributed by atoms with Crippen LogP contribution in [-0.4, -0.2) is 12.6 Å². The molecule has 2 nitrogen and oxygen atoms in total. The van der Waals surface area contributed by atoms with Crippen molar-refractivity contribution < 1.29 is 9.53 Å². The van der Waals surface area contributed by atoms with Crippen molar-refractivity contribution in [1.82, 2.24) is 0 Å². The van der Waals surface area contributed by atoms with E-state index in [0.29, 0.717) is 18.4 Å². The Morgan fingerprint density at radius 3 is 2.83 bits per heavy atom. The second kappa shape index (κ2) is 4.42. The second-order valence-corrected chi connectivity index (χ2v) is 5.69. The van der Waals surface area contributed by atoms with E-state index in [1.807, 2.05) is 0 Å². The first-order valence-electron chi connectivity index (χ1n) is 3.75. The molecule has 0 saturated heterocycles. The molecule has 1 saturated carbocycles. The zero-order valence-electron chi connectivity index (χ0n) is 6.72. The summed E-state index contributed by atoms with van der Waals surface area (Å²) in [6.07, 6.45) is 3.21. The average molecular weight is 298 g/mol. The largest absolute Gasteiger partial charge is 0.466 e. The zero-order chi connectivity index (χ0) is 9.14. The number of allylic oxidation sites excluding steroid dienone is 1. The van der Waals surface area contributed by atoms with Crippen molar-refractivity contribution in [3.63, 3.8) is 0 Å². The van der Waals surface area contributed by atoms with Crippen LogP contribution in [0.3, 0.4) is 0 Å². The predicted molar refractivity (Wildman–Crippen MR) is 54.2 cm³/mol. The van der Waals surface area contributed by atoms with Gasteiger partial charge in [0, 0.05) is 12.8 Å². The molecule has 0 aromatic carbocycles. The highest BCUT2D eigenvalue weighted by atomic mass is 79.9. The standard InChI is InChI=1S/C8H10Br2O2/c1-5(11)12-4-7-2-6(7)3-8(9)10/h3,6-7H,2,4H2,1H3. The Balaban J connectivity index is 2.16. The molecule has 0 aromatic rings. The van der Waals surface area contributed by atoms with Crippen LogP contribution in [0.1, 0.15) is 13.3 Å². The van der Waals surface area contributed by atoms with Crippen LogP contribution >= 0.6 is 31.9 Å². The third-order valence-corrected chi connectivity index (χ3v) is 2.35. The third kappa shape index (κ3) is 3.72. The first-order valence-corrected chi connectivity index (χ1v) is 5.34. The van der Waals surface area contributed by atoms with Crippen molar-refractivity contribution in [3.8, 4) is 0 Å². The maximum atomic E-state index is 10.4. The van der Waals surface area contributed by atoms with E-state index < -0.39 is 0 Å². The summed E-state index contributed by atoms with van der Waals surface area (Å²) < 4.78 is 5.86. The molecule has 0 radical (unpaired) electrons. The number of hydrogen-bond acceptors (Lipinski definition) is 2. The number of carbonyl (C=O) groups is 1. The number of ether oxygens (including phenoxy) is 1. The van der Waals surface area contributed by atoms with Gasteiger partial charge in [-0.05, 0) is 44.2 Å². The first-order chi connectivity index (χ1) is 5.59. The van der Waals surface area contributed by atoms with E-state index in [4.69, 9.17) is 4.74 Å². The van der Waals surface area contributed by atoms with Gasteiger partial charge in [-0.25, -0.2) is 0 Å². The van der Waals surface area contributed by atoms with E-state index in [2.05, 4.69) is 37.9 Å². The molecule has 0 spiro atoms. The van der Waals surface area contributed by atoms with Crippen LogP contribution in [0.25, 0.3) is 0 Å². The fourth-order valence-electron chi connectivity index (χ4n) is 1.05. The van der Waals surface area contributed by atoms with E-state index in [0.717, 1.165) is 9.81 Å². The van der Waals surface area contributed by atoms with Gasteiger partial charge in [0.15, 0.2) is 0 Å². The van der Waals surface area contributed by atoms with Crippen molar-refractivity contribution in [1.29, 1.82) is 0 Å². The number of halogens is 2. The first kappa shape index (κ1) is 10.3. The lowest BCUT2D eigenvalue weighted by Gasteiger charge is -1.97. The molecule has 4 heteroatoms. The van der Waals surface area contributed by atoms with E-state index in [1.165, 1.54) is 6.92 Å². The van der Waals surface area contributed by atoms with Crippen LogP contribution in [0.4, 0.5) is 0 Å². The maximum Gasteiger partial charge on any atom is 0.302 e. The lowest BCUT2D eigenvalue weighted by molar-refractivity contribution is -0.141. The van der Waals surface area contributed by atoms with E-state index in [9.17, 15) is 4.79 Å². The number of esters is 1. The van der Waals surface area contributed by atoms with Gasteiger partial charge in [-0.2, -0.15) is 0 Å². The minimum Gasteiger partial charge on any atom is -0.466 e. The maximum absolute atomic E-state index is 10.4. The Hall–Kier alpha value is 0.170. The van der Waals surface area contributed by atoms with Crippen LogP contribution in [-0.2, 0) is 9.53 Å². The van der Waals surface area contributed by atoms with Crippen LogP contribution < -0.4 is 0 Å². The quantitative estimate of drug-likeness (QED) is 0.749. The fraction of sp³-hybridized carbons (Fsp3) is 0.625. The predicted octanol–water partition coefficient (Wildman–Crippen LogP) is 2.82. The second-order valence-electron chi connectivity index (χ2n) is 2.92. The molecule has 1 rings (SSSR count). The molecule has 0 aliphatic heterocycles. The number of carbonyl (C=O) groups excluding carboxylic acids is 1. The average Bonchev–Trinajstić information content (AvgIpc) is 2.62. The minimum atomic E-state index is -0.192. The summed E-state index contributed by atoms with van der Waals surface area (Å²) in [5.41, 5.74) is 0. The summed E-state index contributed by atoms with van der Waals surface area (Å²) in [7, 11) is 0. The summed E-state index contributed by atoms with van der Waals surface area (Å²) >= 11 is 6.59. The van der Waals surface area contributed by atoms with Gasteiger partial charge in [-0.15, -0.1) is 0 Å². The summed E-state index contributed by atoms with van der Waals surface area (Å²) in [5, 5.41) is 0. The Morgan fingerprint density at radius 1 is 1.67 bits per heavy atom. The Bertz CT molecular complexity index is 209. The highest BCUT2D eigenvalue weighted by Gasteiger charge is 2.36. The third-order valence-electron chi connectivity index (χ3n) is 1.82. The topological polar surface area (TPSA) is 26.3 Å². The molecular formula is C8H10Br2O2. The van der Waals surface area contributed by atoms with Crippen molar-refractivity contribution in [2.45, 2.75) is 13.3 Å². The molecule has 1 aliphatic rings. The normalized spacial score (nSPS) is 26.2. The SMILES string of the molecule is CC(=O)OCC1CC1C=C(Br)Br. The molecule has 2 atom stereocenters. The van der Waals surface area contributed by atoms with Crippen molar-refractivity contribution in [2.75, 3.05) is 6.61 Å². The van der Waals surface area contributed by atoms with Gasteiger partial charge in [0.1, 0.15) is 0 Å². The van der Waals surface area contributed by atoms with E-state index in [-0.39, 0.29) is 5.97 Å². The minimum absolute atomic E-state index is 0.192. The molecule has 12 heavy (non-hydrogen) atoms. The van der Waals surface area contributed by atoms with Gasteiger partial charge >= 0.3 is 5.97 Å². The monoisotopic (exact) mass is 296 g/mol. The Morgan fingerprint density at radius 2 is 2.33 bits per heavy atom. The fourth-order valence-corrected chi connectivity index (χ4v) is 1.73. The van der Waals surface area contributed by atoms with Crippen LogP contribution in [0, 0.1) is 11.8 Å². The molecule has 2 unspecified atom stereocenters. The summed E-state index contributed by atoms with van der Waals surface area (Å²) in [5.74, 6) is 0.902. The highest BCUT2D eigenvalue weighted by Crippen LogP contribution is 2.41. The molecule has 0 aromatic heterocycles. The van der Waals surface area contributed by atoms with E-state index in [1.54, 1.807) is 0 Å². The zero-order valence-corrected chi connectivity index (χ0v) is 9.89. The van der Waals surface area contributed by atoms with Crippen LogP contribution in [0.15, 0.2) is 9.47 Å². The van der Waals surface area contributed by atoms with Crippen LogP contribution in [0.5, 0.6) is 0 Å². The molecule has 1 fully saturated rings. The molecule has 0 bridgehead atoms. The molecule has 0 N–H and O–H groups in total. The van der Waals surface area contributed by atoms with Gasteiger partial charge in [0.2, 0.25) is 0 Å². The molecule has 68 valence electrons. The molecular weight excluding hydrogens is 288 g/mol. The van der Waals surface area contributed by atoms with Gasteiger partial charge in [-0.3, -0.25) is 4.79 Å². The lowest BCUT2D eigenvalue weighted by atomic mass is 10.3. The van der Waals surface area contributed by atoms with Crippen molar-refractivity contribution >= 4 is 37.8 Å².